The van der Waals surface area contributed by atoms with Crippen molar-refractivity contribution < 1.29 is 47.1 Å². The zero-order chi connectivity index (χ0) is 20.5. The van der Waals surface area contributed by atoms with Crippen LogP contribution in [0, 0.1) is 0 Å². The molecule has 2 heterocycles. The molecule has 151 valence electrons. The molecule has 1 N–H and O–H groups in total. The maximum absolute atomic E-state index is 12.7. The summed E-state index contributed by atoms with van der Waals surface area (Å²) in [5, 5.41) is 11.6. The van der Waals surface area contributed by atoms with Gasteiger partial charge in [0.25, 0.3) is 0 Å². The molecule has 0 aromatic heterocycles. The molecule has 2 aliphatic heterocycles. The van der Waals surface area contributed by atoms with Crippen LogP contribution in [-0.4, -0.2) is 35.7 Å². The number of carbonyl (C=O) groups excluding carboxylic acids is 2. The van der Waals surface area contributed by atoms with Crippen LogP contribution in [0.3, 0.4) is 0 Å². The normalized spacial score (nSPS) is 17.6. The fourth-order valence-corrected chi connectivity index (χ4v) is 3.83. The number of carbonyl (C=O) groups is 2. The van der Waals surface area contributed by atoms with E-state index in [9.17, 15) is 9.59 Å². The first kappa shape index (κ1) is 22.7. The number of oxime groups is 1. The smallest absolute Gasteiger partial charge is 0.435 e. The Hall–Kier alpha value is -2.03. The van der Waals surface area contributed by atoms with Crippen LogP contribution in [0.2, 0.25) is 0 Å². The molecular weight excluding hydrogens is 525 g/mol. The van der Waals surface area contributed by atoms with E-state index in [0.29, 0.717) is 41.3 Å². The number of hydrogen-bond acceptors (Lipinski definition) is 5. The first-order chi connectivity index (χ1) is 14.0. The van der Waals surface area contributed by atoms with E-state index >= 15 is 0 Å². The van der Waals surface area contributed by atoms with Crippen molar-refractivity contribution in [3.63, 3.8) is 0 Å². The molecular formula is C21H18BrN4O3Y-. The van der Waals surface area contributed by atoms with Crippen LogP contribution in [0.15, 0.2) is 57.8 Å². The summed E-state index contributed by atoms with van der Waals surface area (Å²) < 4.78 is 0.737. The SMILES string of the molecule is CCN(CC)C(=O)O/N=C1/C(=C2/C(=O)[N-]c3c(Br)cccc32)Nc2ccccc21.[Y]. The Balaban J connectivity index is 0.00000256. The molecule has 2 aromatic rings. The van der Waals surface area contributed by atoms with Crippen LogP contribution in [0.1, 0.15) is 25.0 Å². The van der Waals surface area contributed by atoms with Crippen molar-refractivity contribution in [2.45, 2.75) is 13.8 Å². The van der Waals surface area contributed by atoms with Crippen molar-refractivity contribution in [3.05, 3.63) is 69.1 Å². The van der Waals surface area contributed by atoms with Gasteiger partial charge >= 0.3 is 6.09 Å². The fraction of sp³-hybridized carbons (Fsp3) is 0.190. The van der Waals surface area contributed by atoms with Crippen LogP contribution in [0.5, 0.6) is 0 Å². The Morgan fingerprint density at radius 1 is 1.13 bits per heavy atom. The number of fused-ring (bicyclic) bond motifs is 2. The van der Waals surface area contributed by atoms with E-state index in [1.165, 1.54) is 4.90 Å². The molecule has 0 unspecified atom stereocenters. The number of para-hydroxylation sites is 2. The van der Waals surface area contributed by atoms with E-state index in [1.54, 1.807) is 0 Å². The third-order valence-electron chi connectivity index (χ3n) is 4.85. The van der Waals surface area contributed by atoms with Gasteiger partial charge in [0.05, 0.1) is 11.6 Å². The molecule has 9 heteroatoms. The van der Waals surface area contributed by atoms with Gasteiger partial charge in [-0.3, -0.25) is 4.84 Å². The second-order valence-corrected chi connectivity index (χ2v) is 7.30. The first-order valence-electron chi connectivity index (χ1n) is 9.25. The second-order valence-electron chi connectivity index (χ2n) is 6.44. The van der Waals surface area contributed by atoms with Crippen LogP contribution in [0.4, 0.5) is 16.2 Å². The molecule has 2 aromatic carbocycles. The molecule has 0 spiro atoms. The third kappa shape index (κ3) is 3.96. The summed E-state index contributed by atoms with van der Waals surface area (Å²) >= 11 is 3.44. The van der Waals surface area contributed by atoms with Crippen molar-refractivity contribution in [1.29, 1.82) is 0 Å². The Labute approximate surface area is 207 Å². The maximum atomic E-state index is 12.7. The largest absolute Gasteiger partial charge is 0.621 e. The van der Waals surface area contributed by atoms with Crippen molar-refractivity contribution in [2.24, 2.45) is 5.16 Å². The molecule has 7 nitrogen and oxygen atoms in total. The molecule has 0 saturated heterocycles. The molecule has 2 amide bonds. The van der Waals surface area contributed by atoms with Gasteiger partial charge in [-0.2, -0.15) is 0 Å². The first-order valence-corrected chi connectivity index (χ1v) is 10.0. The topological polar surface area (TPSA) is 85.1 Å². The monoisotopic (exact) mass is 542 g/mol. The average Bonchev–Trinajstić information content (AvgIpc) is 3.24. The molecule has 0 saturated carbocycles. The van der Waals surface area contributed by atoms with E-state index in [1.807, 2.05) is 56.3 Å². The van der Waals surface area contributed by atoms with E-state index in [-0.39, 0.29) is 38.6 Å². The van der Waals surface area contributed by atoms with Gasteiger partial charge in [-0.15, -0.1) is 5.69 Å². The van der Waals surface area contributed by atoms with Crippen LogP contribution < -0.4 is 5.32 Å². The van der Waals surface area contributed by atoms with Gasteiger partial charge in [-0.1, -0.05) is 51.4 Å². The summed E-state index contributed by atoms with van der Waals surface area (Å²) in [6.45, 7) is 4.76. The predicted molar refractivity (Wildman–Crippen MR) is 115 cm³/mol. The van der Waals surface area contributed by atoms with Crippen molar-refractivity contribution in [2.75, 3.05) is 18.4 Å². The summed E-state index contributed by atoms with van der Waals surface area (Å²) in [6, 6.07) is 13.0. The molecule has 0 bridgehead atoms. The summed E-state index contributed by atoms with van der Waals surface area (Å²) in [6.07, 6.45) is -0.540. The number of rotatable bonds is 3. The number of nitrogens with zero attached hydrogens (tertiary/aromatic N) is 3. The number of anilines is 1. The van der Waals surface area contributed by atoms with E-state index in [2.05, 4.69) is 31.7 Å². The Morgan fingerprint density at radius 2 is 1.83 bits per heavy atom. The van der Waals surface area contributed by atoms with Crippen LogP contribution in [-0.2, 0) is 42.3 Å². The summed E-state index contributed by atoms with van der Waals surface area (Å²) in [5.41, 5.74) is 4.08. The number of hydrogen-bond donors (Lipinski definition) is 1. The third-order valence-corrected chi connectivity index (χ3v) is 5.49. The van der Waals surface area contributed by atoms with Crippen molar-refractivity contribution >= 4 is 50.6 Å². The van der Waals surface area contributed by atoms with Gasteiger partial charge in [0.1, 0.15) is 5.71 Å². The van der Waals surface area contributed by atoms with Gasteiger partial charge in [-0.25, -0.2) is 4.79 Å². The van der Waals surface area contributed by atoms with Crippen molar-refractivity contribution in [1.82, 2.24) is 4.90 Å². The molecule has 0 fully saturated rings. The minimum atomic E-state index is -0.540. The van der Waals surface area contributed by atoms with Gasteiger partial charge in [0, 0.05) is 67.1 Å². The van der Waals surface area contributed by atoms with Crippen molar-refractivity contribution in [3.8, 4) is 0 Å². The number of benzene rings is 2. The summed E-state index contributed by atoms with van der Waals surface area (Å²) in [5.74, 6) is -0.370. The minimum absolute atomic E-state index is 0. The Morgan fingerprint density at radius 3 is 2.57 bits per heavy atom. The molecule has 0 aliphatic carbocycles. The quantitative estimate of drug-likeness (QED) is 0.335. The molecule has 4 rings (SSSR count). The standard InChI is InChI=1S/C21H19BrN4O3.Y/c1-3-26(4-2)21(28)29-25-18-12-8-5-6-11-15(12)23-19(18)16-13-9-7-10-14(22)17(13)24-20(16)27;/h5-11H,3-4H2,1-2H3,(H2,23,24,25,27);/p-1. The maximum Gasteiger partial charge on any atom is 0.435 e. The summed E-state index contributed by atoms with van der Waals surface area (Å²) in [4.78, 5) is 31.8. The molecule has 30 heavy (non-hydrogen) atoms. The van der Waals surface area contributed by atoms with Gasteiger partial charge in [-0.05, 0) is 31.5 Å². The van der Waals surface area contributed by atoms with Crippen LogP contribution >= 0.6 is 15.9 Å². The van der Waals surface area contributed by atoms with E-state index in [0.717, 1.165) is 15.7 Å². The predicted octanol–water partition coefficient (Wildman–Crippen LogP) is 5.01. The van der Waals surface area contributed by atoms with Gasteiger partial charge in [0.15, 0.2) is 0 Å². The zero-order valence-electron chi connectivity index (χ0n) is 16.5. The zero-order valence-corrected chi connectivity index (χ0v) is 20.9. The summed E-state index contributed by atoms with van der Waals surface area (Å²) in [7, 11) is 0. The minimum Gasteiger partial charge on any atom is -0.621 e. The molecule has 0 atom stereocenters. The second kappa shape index (κ2) is 9.41. The van der Waals surface area contributed by atoms with Gasteiger partial charge < -0.3 is 20.3 Å². The number of amides is 2. The molecule has 1 radical (unpaired) electrons. The molecule has 2 aliphatic rings. The fourth-order valence-electron chi connectivity index (χ4n) is 3.37. The number of halogens is 1. The van der Waals surface area contributed by atoms with Crippen LogP contribution in [0.25, 0.3) is 10.9 Å². The number of nitrogens with one attached hydrogen (secondary N) is 1. The van der Waals surface area contributed by atoms with E-state index < -0.39 is 6.09 Å². The number of allylic oxidation sites excluding steroid dienone is 1. The Kier molecular flexibility index (Phi) is 7.11. The Bertz CT molecular complexity index is 1080. The van der Waals surface area contributed by atoms with Gasteiger partial charge in [0.2, 0.25) is 0 Å². The average molecular weight is 543 g/mol. The van der Waals surface area contributed by atoms with E-state index in [4.69, 9.17) is 4.84 Å².